The number of amides is 1. The van der Waals surface area contributed by atoms with Crippen molar-refractivity contribution in [2.75, 3.05) is 33.3 Å². The minimum absolute atomic E-state index is 0.198. The lowest BCUT2D eigenvalue weighted by atomic mass is 10.0. The zero-order valence-corrected chi connectivity index (χ0v) is 13.3. The predicted octanol–water partition coefficient (Wildman–Crippen LogP) is 1.66. The Morgan fingerprint density at radius 2 is 1.76 bits per heavy atom. The number of hydrogen-bond donors (Lipinski definition) is 0. The van der Waals surface area contributed by atoms with Crippen LogP contribution in [-0.2, 0) is 14.3 Å². The molecule has 1 heterocycles. The average molecular weight is 296 g/mol. The predicted molar refractivity (Wildman–Crippen MR) is 80.8 cm³/mol. The summed E-state index contributed by atoms with van der Waals surface area (Å²) in [5.74, 6) is 0.859. The van der Waals surface area contributed by atoms with Gasteiger partial charge in [0, 0.05) is 32.6 Å². The molecule has 1 saturated carbocycles. The Hall–Kier alpha value is -1.10. The molecule has 1 saturated heterocycles. The summed E-state index contributed by atoms with van der Waals surface area (Å²) in [5.41, 5.74) is 0. The van der Waals surface area contributed by atoms with Gasteiger partial charge in [0.05, 0.1) is 7.11 Å². The molecular formula is C16H28N2O3. The summed E-state index contributed by atoms with van der Waals surface area (Å²) < 4.78 is 4.77. The van der Waals surface area contributed by atoms with Crippen LogP contribution in [0.1, 0.15) is 45.4 Å². The minimum Gasteiger partial charge on any atom is -0.468 e. The van der Waals surface area contributed by atoms with Gasteiger partial charge in [-0.1, -0.05) is 25.7 Å². The highest BCUT2D eigenvalue weighted by molar-refractivity contribution is 5.77. The van der Waals surface area contributed by atoms with Gasteiger partial charge in [-0.2, -0.15) is 0 Å². The van der Waals surface area contributed by atoms with Crippen molar-refractivity contribution in [2.24, 2.45) is 5.92 Å². The van der Waals surface area contributed by atoms with Gasteiger partial charge < -0.3 is 9.64 Å². The van der Waals surface area contributed by atoms with Gasteiger partial charge in [0.1, 0.15) is 6.04 Å². The standard InChI is InChI=1S/C16H28N2O3/c1-13(16(20)21-2)17-9-11-18(12-10-17)15(19)8-7-14-5-3-4-6-14/h13-14H,3-12H2,1-2H3/t13-/m1/s1. The van der Waals surface area contributed by atoms with Crippen molar-refractivity contribution in [1.29, 1.82) is 0 Å². The lowest BCUT2D eigenvalue weighted by Gasteiger charge is -2.37. The van der Waals surface area contributed by atoms with Gasteiger partial charge in [0.15, 0.2) is 0 Å². The van der Waals surface area contributed by atoms with Crippen LogP contribution in [0.15, 0.2) is 0 Å². The summed E-state index contributed by atoms with van der Waals surface area (Å²) in [6, 6.07) is -0.217. The topological polar surface area (TPSA) is 49.9 Å². The van der Waals surface area contributed by atoms with Crippen LogP contribution in [0.5, 0.6) is 0 Å². The van der Waals surface area contributed by atoms with Crippen LogP contribution in [0.2, 0.25) is 0 Å². The molecule has 5 heteroatoms. The van der Waals surface area contributed by atoms with E-state index >= 15 is 0 Å². The number of carbonyl (C=O) groups excluding carboxylic acids is 2. The summed E-state index contributed by atoms with van der Waals surface area (Å²) in [5, 5.41) is 0. The molecule has 1 aliphatic heterocycles. The second kappa shape index (κ2) is 7.78. The summed E-state index contributed by atoms with van der Waals surface area (Å²) >= 11 is 0. The van der Waals surface area contributed by atoms with Crippen molar-refractivity contribution in [1.82, 2.24) is 9.80 Å². The highest BCUT2D eigenvalue weighted by Crippen LogP contribution is 2.28. The number of esters is 1. The van der Waals surface area contributed by atoms with E-state index in [1.807, 2.05) is 11.8 Å². The van der Waals surface area contributed by atoms with Gasteiger partial charge in [-0.3, -0.25) is 14.5 Å². The normalized spacial score (nSPS) is 22.3. The first-order valence-corrected chi connectivity index (χ1v) is 8.21. The SMILES string of the molecule is COC(=O)[C@@H](C)N1CCN(C(=O)CCC2CCCC2)CC1. The van der Waals surface area contributed by atoms with E-state index in [9.17, 15) is 9.59 Å². The third kappa shape index (κ3) is 4.43. The molecule has 2 fully saturated rings. The lowest BCUT2D eigenvalue weighted by Crippen LogP contribution is -2.53. The first-order valence-electron chi connectivity index (χ1n) is 8.21. The molecule has 1 amide bonds. The summed E-state index contributed by atoms with van der Waals surface area (Å²) in [6.07, 6.45) is 7.02. The zero-order valence-electron chi connectivity index (χ0n) is 13.3. The smallest absolute Gasteiger partial charge is 0.322 e. The molecule has 0 bridgehead atoms. The zero-order chi connectivity index (χ0) is 15.2. The van der Waals surface area contributed by atoms with E-state index in [4.69, 9.17) is 4.74 Å². The fourth-order valence-corrected chi connectivity index (χ4v) is 3.46. The third-order valence-electron chi connectivity index (χ3n) is 5.00. The van der Waals surface area contributed by atoms with Crippen molar-refractivity contribution >= 4 is 11.9 Å². The van der Waals surface area contributed by atoms with Crippen LogP contribution in [0.3, 0.4) is 0 Å². The van der Waals surface area contributed by atoms with E-state index in [0.717, 1.165) is 38.5 Å². The van der Waals surface area contributed by atoms with Gasteiger partial charge >= 0.3 is 5.97 Å². The quantitative estimate of drug-likeness (QED) is 0.724. The second-order valence-electron chi connectivity index (χ2n) is 6.31. The summed E-state index contributed by atoms with van der Waals surface area (Å²) in [6.45, 7) is 4.83. The van der Waals surface area contributed by atoms with Crippen molar-refractivity contribution in [3.8, 4) is 0 Å². The van der Waals surface area contributed by atoms with E-state index in [2.05, 4.69) is 4.90 Å². The molecule has 0 aromatic carbocycles. The Morgan fingerprint density at radius 1 is 1.14 bits per heavy atom. The third-order valence-corrected chi connectivity index (χ3v) is 5.00. The van der Waals surface area contributed by atoms with Gasteiger partial charge in [-0.25, -0.2) is 0 Å². The minimum atomic E-state index is -0.217. The maximum atomic E-state index is 12.2. The fraction of sp³-hybridized carbons (Fsp3) is 0.875. The van der Waals surface area contributed by atoms with Crippen molar-refractivity contribution in [2.45, 2.75) is 51.5 Å². The summed E-state index contributed by atoms with van der Waals surface area (Å²) in [7, 11) is 1.42. The molecule has 0 aromatic rings. The molecule has 0 spiro atoms. The van der Waals surface area contributed by atoms with E-state index < -0.39 is 0 Å². The molecule has 0 aromatic heterocycles. The van der Waals surface area contributed by atoms with Crippen molar-refractivity contribution in [3.05, 3.63) is 0 Å². The van der Waals surface area contributed by atoms with Crippen LogP contribution in [-0.4, -0.2) is 61.0 Å². The van der Waals surface area contributed by atoms with Crippen LogP contribution < -0.4 is 0 Å². The molecule has 1 aliphatic carbocycles. The first kappa shape index (κ1) is 16.3. The maximum absolute atomic E-state index is 12.2. The fourth-order valence-electron chi connectivity index (χ4n) is 3.46. The number of nitrogens with zero attached hydrogens (tertiary/aromatic N) is 2. The van der Waals surface area contributed by atoms with Gasteiger partial charge in [-0.05, 0) is 19.3 Å². The highest BCUT2D eigenvalue weighted by Gasteiger charge is 2.28. The molecule has 2 aliphatic rings. The van der Waals surface area contributed by atoms with Crippen LogP contribution in [0.25, 0.3) is 0 Å². The highest BCUT2D eigenvalue weighted by atomic mass is 16.5. The monoisotopic (exact) mass is 296 g/mol. The number of piperazine rings is 1. The Bertz CT molecular complexity index is 359. The Balaban J connectivity index is 1.70. The largest absolute Gasteiger partial charge is 0.468 e. The maximum Gasteiger partial charge on any atom is 0.322 e. The van der Waals surface area contributed by atoms with E-state index in [1.54, 1.807) is 0 Å². The Morgan fingerprint density at radius 3 is 2.33 bits per heavy atom. The molecule has 1 atom stereocenters. The van der Waals surface area contributed by atoms with Crippen molar-refractivity contribution in [3.63, 3.8) is 0 Å². The van der Waals surface area contributed by atoms with E-state index in [-0.39, 0.29) is 17.9 Å². The number of hydrogen-bond acceptors (Lipinski definition) is 4. The molecule has 0 radical (unpaired) electrons. The Labute approximate surface area is 127 Å². The van der Waals surface area contributed by atoms with Crippen LogP contribution >= 0.6 is 0 Å². The first-order chi connectivity index (χ1) is 10.1. The number of methoxy groups -OCH3 is 1. The van der Waals surface area contributed by atoms with Crippen LogP contribution in [0, 0.1) is 5.92 Å². The lowest BCUT2D eigenvalue weighted by molar-refractivity contribution is -0.147. The van der Waals surface area contributed by atoms with Gasteiger partial charge in [0.25, 0.3) is 0 Å². The molecule has 120 valence electrons. The van der Waals surface area contributed by atoms with Gasteiger partial charge in [0.2, 0.25) is 5.91 Å². The van der Waals surface area contributed by atoms with Crippen LogP contribution in [0.4, 0.5) is 0 Å². The number of ether oxygens (including phenoxy) is 1. The van der Waals surface area contributed by atoms with E-state index in [0.29, 0.717) is 6.42 Å². The molecule has 0 N–H and O–H groups in total. The molecule has 5 nitrogen and oxygen atoms in total. The number of rotatable bonds is 5. The summed E-state index contributed by atoms with van der Waals surface area (Å²) in [4.78, 5) is 27.8. The molecular weight excluding hydrogens is 268 g/mol. The number of carbonyl (C=O) groups is 2. The molecule has 0 unspecified atom stereocenters. The van der Waals surface area contributed by atoms with Crippen molar-refractivity contribution < 1.29 is 14.3 Å². The average Bonchev–Trinajstić information content (AvgIpc) is 3.04. The second-order valence-corrected chi connectivity index (χ2v) is 6.31. The van der Waals surface area contributed by atoms with E-state index in [1.165, 1.54) is 32.8 Å². The van der Waals surface area contributed by atoms with Gasteiger partial charge in [-0.15, -0.1) is 0 Å². The molecule has 21 heavy (non-hydrogen) atoms. The molecule has 2 rings (SSSR count). The Kier molecular flexibility index (Phi) is 6.03.